The fourth-order valence-corrected chi connectivity index (χ4v) is 2.97. The van der Waals surface area contributed by atoms with Crippen LogP contribution in [0.15, 0.2) is 12.1 Å². The largest absolute Gasteiger partial charge is 0.507 e. The van der Waals surface area contributed by atoms with Gasteiger partial charge in [-0.25, -0.2) is 4.79 Å². The van der Waals surface area contributed by atoms with Gasteiger partial charge in [0.15, 0.2) is 0 Å². The number of aryl methyl sites for hydroxylation is 1. The molecule has 0 spiro atoms. The van der Waals surface area contributed by atoms with Crippen LogP contribution in [-0.4, -0.2) is 16.2 Å². The molecular weight excluding hydrogens is 278 g/mol. The van der Waals surface area contributed by atoms with Crippen LogP contribution in [0.25, 0.3) is 0 Å². The van der Waals surface area contributed by atoms with Gasteiger partial charge in [-0.15, -0.1) is 12.4 Å². The van der Waals surface area contributed by atoms with E-state index in [2.05, 4.69) is 0 Å². The summed E-state index contributed by atoms with van der Waals surface area (Å²) in [5.41, 5.74) is 7.59. The van der Waals surface area contributed by atoms with E-state index in [1.165, 1.54) is 12.5 Å². The van der Waals surface area contributed by atoms with E-state index < -0.39 is 5.97 Å². The predicted octanol–water partition coefficient (Wildman–Crippen LogP) is 3.40. The van der Waals surface area contributed by atoms with E-state index in [0.29, 0.717) is 11.5 Å². The molecule has 1 saturated carbocycles. The number of rotatable bonds is 3. The maximum absolute atomic E-state index is 11.1. The predicted molar refractivity (Wildman–Crippen MR) is 80.6 cm³/mol. The Balaban J connectivity index is 0.00000200. The van der Waals surface area contributed by atoms with E-state index in [9.17, 15) is 9.90 Å². The number of benzene rings is 1. The molecule has 112 valence electrons. The normalized spacial score (nSPS) is 17.3. The summed E-state index contributed by atoms with van der Waals surface area (Å²) in [5, 5.41) is 19.2. The van der Waals surface area contributed by atoms with Crippen LogP contribution in [0.4, 0.5) is 0 Å². The number of carboxylic acid groups (broad SMARTS) is 1. The Morgan fingerprint density at radius 2 is 1.90 bits per heavy atom. The number of carbonyl (C=O) groups is 1. The van der Waals surface area contributed by atoms with Gasteiger partial charge in [0.1, 0.15) is 11.3 Å². The third-order valence-corrected chi connectivity index (χ3v) is 4.03. The van der Waals surface area contributed by atoms with Crippen LogP contribution >= 0.6 is 12.4 Å². The van der Waals surface area contributed by atoms with Gasteiger partial charge < -0.3 is 15.9 Å². The minimum Gasteiger partial charge on any atom is -0.507 e. The maximum Gasteiger partial charge on any atom is 0.339 e. The lowest BCUT2D eigenvalue weighted by Crippen LogP contribution is -2.24. The van der Waals surface area contributed by atoms with Crippen molar-refractivity contribution in [3.8, 4) is 5.75 Å². The minimum atomic E-state index is -1.11. The van der Waals surface area contributed by atoms with Crippen LogP contribution in [-0.2, 0) is 0 Å². The fraction of sp³-hybridized carbons (Fsp3) is 0.533. The lowest BCUT2D eigenvalue weighted by Gasteiger charge is -2.28. The summed E-state index contributed by atoms with van der Waals surface area (Å²) in [6.45, 7) is 1.82. The minimum absolute atomic E-state index is 0. The second-order valence-electron chi connectivity index (χ2n) is 5.48. The summed E-state index contributed by atoms with van der Waals surface area (Å²) in [5.74, 6) is -0.947. The monoisotopic (exact) mass is 299 g/mol. The lowest BCUT2D eigenvalue weighted by molar-refractivity contribution is 0.0693. The molecule has 1 aromatic carbocycles. The van der Waals surface area contributed by atoms with Crippen molar-refractivity contribution in [1.29, 1.82) is 0 Å². The molecule has 0 heterocycles. The highest BCUT2D eigenvalue weighted by Gasteiger charge is 2.26. The van der Waals surface area contributed by atoms with Gasteiger partial charge in [-0.1, -0.05) is 25.3 Å². The number of halogens is 1. The van der Waals surface area contributed by atoms with Crippen molar-refractivity contribution in [3.63, 3.8) is 0 Å². The van der Waals surface area contributed by atoms with Crippen molar-refractivity contribution in [3.05, 3.63) is 28.8 Å². The summed E-state index contributed by atoms with van der Waals surface area (Å²) in [4.78, 5) is 11.1. The number of aromatic carboxylic acids is 1. The zero-order valence-electron chi connectivity index (χ0n) is 11.6. The molecule has 4 N–H and O–H groups in total. The zero-order chi connectivity index (χ0) is 14.0. The summed E-state index contributed by atoms with van der Waals surface area (Å²) in [6, 6.07) is 3.01. The van der Waals surface area contributed by atoms with Gasteiger partial charge in [-0.2, -0.15) is 0 Å². The van der Waals surface area contributed by atoms with E-state index in [4.69, 9.17) is 10.8 Å². The highest BCUT2D eigenvalue weighted by Crippen LogP contribution is 2.37. The first-order chi connectivity index (χ1) is 9.00. The fourth-order valence-electron chi connectivity index (χ4n) is 2.97. The summed E-state index contributed by atoms with van der Waals surface area (Å²) < 4.78 is 0. The van der Waals surface area contributed by atoms with Gasteiger partial charge >= 0.3 is 5.97 Å². The molecule has 0 radical (unpaired) electrons. The first kappa shape index (κ1) is 16.8. The molecule has 1 aliphatic carbocycles. The molecule has 1 aromatic rings. The third-order valence-electron chi connectivity index (χ3n) is 4.03. The van der Waals surface area contributed by atoms with Crippen molar-refractivity contribution in [2.75, 3.05) is 0 Å². The van der Waals surface area contributed by atoms with Gasteiger partial charge in [0.2, 0.25) is 0 Å². The highest BCUT2D eigenvalue weighted by atomic mass is 35.5. The second kappa shape index (κ2) is 6.95. The third kappa shape index (κ3) is 3.44. The van der Waals surface area contributed by atoms with Crippen molar-refractivity contribution < 1.29 is 15.0 Å². The van der Waals surface area contributed by atoms with Crippen molar-refractivity contribution in [1.82, 2.24) is 0 Å². The van der Waals surface area contributed by atoms with Crippen molar-refractivity contribution in [2.45, 2.75) is 45.1 Å². The molecule has 0 saturated heterocycles. The van der Waals surface area contributed by atoms with Gasteiger partial charge in [-0.05, 0) is 37.3 Å². The Labute approximate surface area is 125 Å². The number of nitrogens with two attached hydrogens (primary N) is 1. The number of hydrogen-bond acceptors (Lipinski definition) is 3. The molecule has 0 unspecified atom stereocenters. The van der Waals surface area contributed by atoms with E-state index in [1.807, 2.05) is 6.92 Å². The summed E-state index contributed by atoms with van der Waals surface area (Å²) >= 11 is 0. The quantitative estimate of drug-likeness (QED) is 0.798. The van der Waals surface area contributed by atoms with E-state index in [1.54, 1.807) is 6.07 Å². The maximum atomic E-state index is 11.1. The lowest BCUT2D eigenvalue weighted by atomic mass is 9.80. The molecular formula is C15H22ClNO3. The Hall–Kier alpha value is -1.26. The molecule has 5 heteroatoms. The van der Waals surface area contributed by atoms with Crippen LogP contribution in [0.1, 0.15) is 59.6 Å². The van der Waals surface area contributed by atoms with E-state index >= 15 is 0 Å². The zero-order valence-corrected chi connectivity index (χ0v) is 12.4. The summed E-state index contributed by atoms with van der Waals surface area (Å²) in [6.07, 6.45) is 5.67. The first-order valence-electron chi connectivity index (χ1n) is 6.83. The first-order valence-corrected chi connectivity index (χ1v) is 6.83. The molecule has 0 aliphatic heterocycles. The van der Waals surface area contributed by atoms with Crippen LogP contribution in [0.3, 0.4) is 0 Å². The Morgan fingerprint density at radius 3 is 2.45 bits per heavy atom. The van der Waals surface area contributed by atoms with Crippen molar-refractivity contribution >= 4 is 18.4 Å². The van der Waals surface area contributed by atoms with Crippen LogP contribution < -0.4 is 5.73 Å². The Morgan fingerprint density at radius 1 is 1.30 bits per heavy atom. The smallest absolute Gasteiger partial charge is 0.339 e. The average Bonchev–Trinajstić information content (AvgIpc) is 2.41. The molecule has 1 aliphatic rings. The van der Waals surface area contributed by atoms with Gasteiger partial charge in [-0.3, -0.25) is 0 Å². The van der Waals surface area contributed by atoms with Crippen LogP contribution in [0.5, 0.6) is 5.75 Å². The number of hydrogen-bond donors (Lipinski definition) is 3. The molecule has 0 bridgehead atoms. The van der Waals surface area contributed by atoms with Gasteiger partial charge in [0, 0.05) is 11.6 Å². The van der Waals surface area contributed by atoms with Crippen LogP contribution in [0.2, 0.25) is 0 Å². The number of phenols is 1. The molecule has 1 fully saturated rings. The standard InChI is InChI=1S/C15H21NO3.ClH/c1-9-7-11(14(17)12(8-9)15(18)19)13(16)10-5-3-2-4-6-10;/h7-8,10,13,17H,2-6,16H2,1H3,(H,18,19);1H/t13-;/m1./s1. The summed E-state index contributed by atoms with van der Waals surface area (Å²) in [7, 11) is 0. The molecule has 0 aromatic heterocycles. The van der Waals surface area contributed by atoms with E-state index in [0.717, 1.165) is 31.2 Å². The Kier molecular flexibility index (Phi) is 5.84. The molecule has 20 heavy (non-hydrogen) atoms. The average molecular weight is 300 g/mol. The number of aromatic hydroxyl groups is 1. The molecule has 4 nitrogen and oxygen atoms in total. The number of carboxylic acids is 1. The Bertz CT molecular complexity index is 484. The highest BCUT2D eigenvalue weighted by molar-refractivity contribution is 5.91. The van der Waals surface area contributed by atoms with Gasteiger partial charge in [0.25, 0.3) is 0 Å². The molecule has 1 atom stereocenters. The topological polar surface area (TPSA) is 83.5 Å². The van der Waals surface area contributed by atoms with Gasteiger partial charge in [0.05, 0.1) is 0 Å². The van der Waals surface area contributed by atoms with Crippen LogP contribution in [0, 0.1) is 12.8 Å². The molecule has 0 amide bonds. The van der Waals surface area contributed by atoms with E-state index in [-0.39, 0.29) is 29.8 Å². The second-order valence-corrected chi connectivity index (χ2v) is 5.48. The molecule has 2 rings (SSSR count). The van der Waals surface area contributed by atoms with Crippen molar-refractivity contribution in [2.24, 2.45) is 11.7 Å². The SMILES string of the molecule is Cc1cc(C(=O)O)c(O)c([C@H](N)C2CCCCC2)c1.Cl.